The fourth-order valence-electron chi connectivity index (χ4n) is 2.71. The van der Waals surface area contributed by atoms with E-state index in [0.29, 0.717) is 12.3 Å². The third-order valence-corrected chi connectivity index (χ3v) is 6.10. The molecule has 1 fully saturated rings. The molecule has 1 aromatic carbocycles. The van der Waals surface area contributed by atoms with Crippen molar-refractivity contribution in [1.29, 1.82) is 0 Å². The van der Waals surface area contributed by atoms with E-state index in [1.54, 1.807) is 6.08 Å². The molecular weight excluding hydrogens is 366 g/mol. The van der Waals surface area contributed by atoms with E-state index < -0.39 is 0 Å². The lowest BCUT2D eigenvalue weighted by atomic mass is 10.2. The second kappa shape index (κ2) is 9.70. The van der Waals surface area contributed by atoms with E-state index in [2.05, 4.69) is 51.3 Å². The normalized spacial score (nSPS) is 15.0. The maximum absolute atomic E-state index is 12.4. The average Bonchev–Trinajstić information content (AvgIpc) is 3.14. The van der Waals surface area contributed by atoms with Gasteiger partial charge < -0.3 is 10.2 Å². The topological polar surface area (TPSA) is 61.4 Å². The molecule has 3 rings (SSSR count). The Balaban J connectivity index is 1.39. The Morgan fingerprint density at radius 1 is 1.23 bits per heavy atom. The summed E-state index contributed by atoms with van der Waals surface area (Å²) in [5, 5.41) is 12.0. The molecule has 0 radical (unpaired) electrons. The van der Waals surface area contributed by atoms with Crippen LogP contribution in [0.15, 0.2) is 47.3 Å². The van der Waals surface area contributed by atoms with Crippen LogP contribution >= 0.6 is 23.1 Å². The summed E-state index contributed by atoms with van der Waals surface area (Å²) in [7, 11) is 0. The van der Waals surface area contributed by atoms with Crippen LogP contribution in [0.5, 0.6) is 0 Å². The quantitative estimate of drug-likeness (QED) is 0.553. The van der Waals surface area contributed by atoms with Gasteiger partial charge in [0, 0.05) is 39.3 Å². The number of aromatic nitrogens is 2. The second-order valence-electron chi connectivity index (χ2n) is 5.97. The van der Waals surface area contributed by atoms with E-state index in [4.69, 9.17) is 0 Å². The molecule has 26 heavy (non-hydrogen) atoms. The molecule has 1 saturated heterocycles. The number of carbonyl (C=O) groups excluding carboxylic acids is 1. The minimum absolute atomic E-state index is 0.171. The number of carbonyl (C=O) groups is 1. The number of benzene rings is 1. The Morgan fingerprint density at radius 3 is 2.73 bits per heavy atom. The van der Waals surface area contributed by atoms with Crippen LogP contribution in [-0.4, -0.2) is 64.4 Å². The van der Waals surface area contributed by atoms with Gasteiger partial charge in [0.15, 0.2) is 4.34 Å². The van der Waals surface area contributed by atoms with Crippen LogP contribution in [0.2, 0.25) is 0 Å². The van der Waals surface area contributed by atoms with Crippen LogP contribution in [0.4, 0.5) is 5.13 Å². The monoisotopic (exact) mass is 389 g/mol. The molecule has 0 unspecified atom stereocenters. The molecular formula is C18H23N5OS2. The first kappa shape index (κ1) is 18.9. The molecule has 0 saturated carbocycles. The predicted octanol–water partition coefficient (Wildman–Crippen LogP) is 2.57. The predicted molar refractivity (Wildman–Crippen MR) is 108 cm³/mol. The number of nitrogens with zero attached hydrogens (tertiary/aromatic N) is 4. The first-order valence-electron chi connectivity index (χ1n) is 8.59. The zero-order chi connectivity index (χ0) is 18.2. The van der Waals surface area contributed by atoms with Gasteiger partial charge in [0.05, 0.1) is 5.75 Å². The fraction of sp³-hybridized carbons (Fsp3) is 0.389. The smallest absolute Gasteiger partial charge is 0.233 e. The van der Waals surface area contributed by atoms with E-state index in [1.807, 2.05) is 11.0 Å². The molecule has 2 heterocycles. The van der Waals surface area contributed by atoms with Crippen molar-refractivity contribution in [1.82, 2.24) is 20.0 Å². The molecule has 138 valence electrons. The van der Waals surface area contributed by atoms with Crippen LogP contribution in [0, 0.1) is 0 Å². The summed E-state index contributed by atoms with van der Waals surface area (Å²) >= 11 is 2.92. The van der Waals surface area contributed by atoms with Crippen LogP contribution in [0.25, 0.3) is 0 Å². The summed E-state index contributed by atoms with van der Waals surface area (Å²) in [5.41, 5.74) is 1.32. The lowest BCUT2D eigenvalue weighted by Gasteiger charge is -2.34. The molecule has 1 aliphatic rings. The first-order valence-corrected chi connectivity index (χ1v) is 10.4. The van der Waals surface area contributed by atoms with Gasteiger partial charge in [-0.25, -0.2) is 0 Å². The van der Waals surface area contributed by atoms with Crippen LogP contribution in [-0.2, 0) is 11.3 Å². The molecule has 0 aliphatic carbocycles. The van der Waals surface area contributed by atoms with Crippen molar-refractivity contribution in [2.24, 2.45) is 0 Å². The number of anilines is 1. The summed E-state index contributed by atoms with van der Waals surface area (Å²) < 4.78 is 0.813. The van der Waals surface area contributed by atoms with Crippen molar-refractivity contribution in [2.45, 2.75) is 10.9 Å². The lowest BCUT2D eigenvalue weighted by Crippen LogP contribution is -2.48. The van der Waals surface area contributed by atoms with Gasteiger partial charge in [-0.15, -0.1) is 16.8 Å². The van der Waals surface area contributed by atoms with E-state index in [-0.39, 0.29) is 5.91 Å². The molecule has 1 aromatic heterocycles. The van der Waals surface area contributed by atoms with Gasteiger partial charge >= 0.3 is 0 Å². The lowest BCUT2D eigenvalue weighted by molar-refractivity contribution is -0.130. The summed E-state index contributed by atoms with van der Waals surface area (Å²) in [4.78, 5) is 16.8. The van der Waals surface area contributed by atoms with Gasteiger partial charge in [-0.2, -0.15) is 0 Å². The third kappa shape index (κ3) is 5.55. The Hall–Kier alpha value is -1.90. The fourth-order valence-corrected chi connectivity index (χ4v) is 4.37. The highest BCUT2D eigenvalue weighted by atomic mass is 32.2. The minimum Gasteiger partial charge on any atom is -0.357 e. The van der Waals surface area contributed by atoms with Crippen molar-refractivity contribution in [2.75, 3.05) is 43.8 Å². The Labute approximate surface area is 162 Å². The van der Waals surface area contributed by atoms with E-state index in [1.165, 1.54) is 28.7 Å². The molecule has 2 aromatic rings. The Morgan fingerprint density at radius 2 is 2.00 bits per heavy atom. The highest BCUT2D eigenvalue weighted by Gasteiger charge is 2.21. The van der Waals surface area contributed by atoms with Crippen molar-refractivity contribution >= 4 is 34.1 Å². The zero-order valence-corrected chi connectivity index (χ0v) is 16.3. The molecule has 0 atom stereocenters. The Kier molecular flexibility index (Phi) is 7.04. The molecule has 8 heteroatoms. The summed E-state index contributed by atoms with van der Waals surface area (Å²) in [6, 6.07) is 10.5. The summed E-state index contributed by atoms with van der Waals surface area (Å²) in [6.07, 6.45) is 1.77. The van der Waals surface area contributed by atoms with E-state index in [9.17, 15) is 4.79 Å². The largest absolute Gasteiger partial charge is 0.357 e. The average molecular weight is 390 g/mol. The van der Waals surface area contributed by atoms with Gasteiger partial charge in [-0.1, -0.05) is 59.5 Å². The van der Waals surface area contributed by atoms with Gasteiger partial charge in [0.1, 0.15) is 0 Å². The number of hydrogen-bond acceptors (Lipinski definition) is 7. The van der Waals surface area contributed by atoms with Crippen LogP contribution in [0.3, 0.4) is 0 Å². The van der Waals surface area contributed by atoms with Crippen molar-refractivity contribution in [3.05, 3.63) is 48.6 Å². The molecule has 1 N–H and O–H groups in total. The number of piperazine rings is 1. The van der Waals surface area contributed by atoms with Crippen LogP contribution in [0.1, 0.15) is 5.56 Å². The standard InChI is InChI=1S/C18H23N5OS2/c1-2-8-19-17-20-21-18(26-17)25-14-16(24)23-11-9-22(10-12-23)13-15-6-4-3-5-7-15/h2-7H,1,8-14H2,(H,19,20). The highest BCUT2D eigenvalue weighted by molar-refractivity contribution is 8.01. The first-order chi connectivity index (χ1) is 12.7. The number of rotatable bonds is 8. The maximum atomic E-state index is 12.4. The van der Waals surface area contributed by atoms with E-state index in [0.717, 1.165) is 42.2 Å². The van der Waals surface area contributed by atoms with Crippen molar-refractivity contribution in [3.63, 3.8) is 0 Å². The van der Waals surface area contributed by atoms with Crippen LogP contribution < -0.4 is 5.32 Å². The van der Waals surface area contributed by atoms with Gasteiger partial charge in [0.25, 0.3) is 0 Å². The number of nitrogens with one attached hydrogen (secondary N) is 1. The molecule has 1 aliphatic heterocycles. The minimum atomic E-state index is 0.171. The summed E-state index contributed by atoms with van der Waals surface area (Å²) in [6.45, 7) is 8.67. The van der Waals surface area contributed by atoms with Crippen molar-refractivity contribution in [3.8, 4) is 0 Å². The third-order valence-electron chi connectivity index (χ3n) is 4.10. The van der Waals surface area contributed by atoms with Crippen molar-refractivity contribution < 1.29 is 4.79 Å². The summed E-state index contributed by atoms with van der Waals surface area (Å²) in [5.74, 6) is 0.583. The number of amides is 1. The zero-order valence-electron chi connectivity index (χ0n) is 14.6. The molecule has 0 spiro atoms. The molecule has 0 bridgehead atoms. The molecule has 6 nitrogen and oxygen atoms in total. The van der Waals surface area contributed by atoms with Gasteiger partial charge in [-0.3, -0.25) is 9.69 Å². The maximum Gasteiger partial charge on any atom is 0.233 e. The number of hydrogen-bond donors (Lipinski definition) is 1. The van der Waals surface area contributed by atoms with Gasteiger partial charge in [-0.05, 0) is 5.56 Å². The Bertz CT molecular complexity index is 713. The second-order valence-corrected chi connectivity index (χ2v) is 8.17. The van der Waals surface area contributed by atoms with Gasteiger partial charge in [0.2, 0.25) is 11.0 Å². The van der Waals surface area contributed by atoms with E-state index >= 15 is 0 Å². The highest BCUT2D eigenvalue weighted by Crippen LogP contribution is 2.25. The molecule has 1 amide bonds. The SMILES string of the molecule is C=CCNc1nnc(SCC(=O)N2CCN(Cc3ccccc3)CC2)s1. The number of thioether (sulfide) groups is 1.